The molecular formula is C20H30N2O3. The lowest BCUT2D eigenvalue weighted by atomic mass is 9.64. The second kappa shape index (κ2) is 8.48. The minimum Gasteiger partial charge on any atom is -0.394 e. The summed E-state index contributed by atoms with van der Waals surface area (Å²) >= 11 is 0. The highest BCUT2D eigenvalue weighted by atomic mass is 16.3. The molecule has 0 bridgehead atoms. The second-order valence-corrected chi connectivity index (χ2v) is 7.52. The molecule has 138 valence electrons. The van der Waals surface area contributed by atoms with Gasteiger partial charge in [0.25, 0.3) is 5.91 Å². The Hall–Kier alpha value is -1.88. The van der Waals surface area contributed by atoms with Crippen molar-refractivity contribution >= 4 is 17.5 Å². The third kappa shape index (κ3) is 4.82. The number of carbonyl (C=O) groups excluding carboxylic acids is 2. The van der Waals surface area contributed by atoms with Crippen molar-refractivity contribution in [2.24, 2.45) is 11.3 Å². The molecule has 1 aliphatic carbocycles. The first kappa shape index (κ1) is 19.4. The molecule has 1 saturated carbocycles. The summed E-state index contributed by atoms with van der Waals surface area (Å²) in [4.78, 5) is 24.8. The fourth-order valence-electron chi connectivity index (χ4n) is 3.42. The van der Waals surface area contributed by atoms with Crippen LogP contribution in [-0.2, 0) is 4.79 Å². The van der Waals surface area contributed by atoms with Crippen LogP contribution in [0.2, 0.25) is 0 Å². The van der Waals surface area contributed by atoms with Crippen LogP contribution < -0.4 is 10.6 Å². The van der Waals surface area contributed by atoms with Crippen molar-refractivity contribution in [3.05, 3.63) is 29.8 Å². The predicted molar refractivity (Wildman–Crippen MR) is 99.4 cm³/mol. The third-order valence-corrected chi connectivity index (χ3v) is 5.04. The molecule has 0 heterocycles. The van der Waals surface area contributed by atoms with Gasteiger partial charge in [-0.2, -0.15) is 0 Å². The Labute approximate surface area is 150 Å². The Kier molecular flexibility index (Phi) is 6.59. The van der Waals surface area contributed by atoms with Gasteiger partial charge in [-0.05, 0) is 55.9 Å². The van der Waals surface area contributed by atoms with Gasteiger partial charge in [-0.25, -0.2) is 0 Å². The van der Waals surface area contributed by atoms with Gasteiger partial charge in [0.1, 0.15) is 0 Å². The van der Waals surface area contributed by atoms with Gasteiger partial charge in [-0.15, -0.1) is 0 Å². The highest BCUT2D eigenvalue weighted by molar-refractivity contribution is 5.97. The summed E-state index contributed by atoms with van der Waals surface area (Å²) in [7, 11) is 0. The molecule has 1 aliphatic rings. The Bertz CT molecular complexity index is 587. The topological polar surface area (TPSA) is 78.4 Å². The van der Waals surface area contributed by atoms with E-state index in [1.807, 2.05) is 6.92 Å². The number of aliphatic hydroxyl groups excluding tert-OH is 1. The van der Waals surface area contributed by atoms with Crippen molar-refractivity contribution in [2.75, 3.05) is 11.9 Å². The number of amides is 2. The van der Waals surface area contributed by atoms with Crippen LogP contribution in [0, 0.1) is 11.3 Å². The molecule has 0 aromatic heterocycles. The molecule has 0 aliphatic heterocycles. The molecular weight excluding hydrogens is 316 g/mol. The molecule has 0 spiro atoms. The van der Waals surface area contributed by atoms with Crippen LogP contribution in [0.25, 0.3) is 0 Å². The van der Waals surface area contributed by atoms with Gasteiger partial charge in [-0.1, -0.05) is 27.2 Å². The number of aliphatic hydroxyl groups is 1. The van der Waals surface area contributed by atoms with Gasteiger partial charge in [0.05, 0.1) is 12.6 Å². The third-order valence-electron chi connectivity index (χ3n) is 5.04. The number of rotatable bonds is 8. The van der Waals surface area contributed by atoms with E-state index in [9.17, 15) is 14.7 Å². The van der Waals surface area contributed by atoms with Gasteiger partial charge >= 0.3 is 0 Å². The van der Waals surface area contributed by atoms with Gasteiger partial charge in [0, 0.05) is 16.7 Å². The van der Waals surface area contributed by atoms with E-state index >= 15 is 0 Å². The van der Waals surface area contributed by atoms with Crippen molar-refractivity contribution in [1.29, 1.82) is 0 Å². The smallest absolute Gasteiger partial charge is 0.251 e. The molecule has 2 amide bonds. The Morgan fingerprint density at radius 1 is 1.20 bits per heavy atom. The molecule has 0 saturated heterocycles. The van der Waals surface area contributed by atoms with Gasteiger partial charge in [0.15, 0.2) is 0 Å². The molecule has 1 aromatic rings. The Balaban J connectivity index is 1.98. The maximum atomic E-state index is 12.7. The van der Waals surface area contributed by atoms with Gasteiger partial charge < -0.3 is 15.7 Å². The minimum absolute atomic E-state index is 0.0751. The van der Waals surface area contributed by atoms with E-state index in [-0.39, 0.29) is 29.9 Å². The van der Waals surface area contributed by atoms with E-state index < -0.39 is 0 Å². The van der Waals surface area contributed by atoms with E-state index in [1.54, 1.807) is 24.3 Å². The fraction of sp³-hybridized carbons (Fsp3) is 0.600. The maximum Gasteiger partial charge on any atom is 0.251 e. The summed E-state index contributed by atoms with van der Waals surface area (Å²) in [6.07, 6.45) is 4.62. The van der Waals surface area contributed by atoms with Gasteiger partial charge in [-0.3, -0.25) is 9.59 Å². The summed E-state index contributed by atoms with van der Waals surface area (Å²) in [5.74, 6) is 0.375. The van der Waals surface area contributed by atoms with E-state index in [2.05, 4.69) is 24.5 Å². The van der Waals surface area contributed by atoms with Crippen LogP contribution in [0.4, 0.5) is 5.69 Å². The lowest BCUT2D eigenvalue weighted by molar-refractivity contribution is -0.131. The Morgan fingerprint density at radius 3 is 2.28 bits per heavy atom. The van der Waals surface area contributed by atoms with Crippen LogP contribution in [0.15, 0.2) is 24.3 Å². The second-order valence-electron chi connectivity index (χ2n) is 7.52. The maximum absolute atomic E-state index is 12.7. The fourth-order valence-corrected chi connectivity index (χ4v) is 3.42. The lowest BCUT2D eigenvalue weighted by Gasteiger charge is -2.41. The summed E-state index contributed by atoms with van der Waals surface area (Å²) in [5, 5.41) is 15.0. The molecule has 3 N–H and O–H groups in total. The summed E-state index contributed by atoms with van der Waals surface area (Å²) < 4.78 is 0. The number of nitrogens with one attached hydrogen (secondary N) is 2. The van der Waals surface area contributed by atoms with Crippen molar-refractivity contribution in [2.45, 2.75) is 58.9 Å². The average Bonchev–Trinajstić information content (AvgIpc) is 2.56. The predicted octanol–water partition coefficient (Wildman–Crippen LogP) is 3.34. The molecule has 1 aromatic carbocycles. The number of anilines is 1. The van der Waals surface area contributed by atoms with Crippen LogP contribution in [0.5, 0.6) is 0 Å². The van der Waals surface area contributed by atoms with E-state index in [0.29, 0.717) is 23.6 Å². The quantitative estimate of drug-likeness (QED) is 0.675. The monoisotopic (exact) mass is 346 g/mol. The van der Waals surface area contributed by atoms with Crippen LogP contribution in [0.1, 0.15) is 63.2 Å². The number of benzene rings is 1. The highest BCUT2D eigenvalue weighted by Gasteiger charge is 2.44. The van der Waals surface area contributed by atoms with Crippen LogP contribution in [-0.4, -0.2) is 29.6 Å². The number of hydrogen-bond acceptors (Lipinski definition) is 3. The highest BCUT2D eigenvalue weighted by Crippen LogP contribution is 2.46. The van der Waals surface area contributed by atoms with E-state index in [1.165, 1.54) is 0 Å². The SMILES string of the molecule is CCC(CO)NC(=O)c1ccc(NC(=O)C2(CC(C)C)CCC2)cc1. The summed E-state index contributed by atoms with van der Waals surface area (Å²) in [6.45, 7) is 6.13. The first-order valence-corrected chi connectivity index (χ1v) is 9.23. The number of carbonyl (C=O) groups is 2. The number of hydrogen-bond donors (Lipinski definition) is 3. The van der Waals surface area contributed by atoms with E-state index in [0.717, 1.165) is 25.7 Å². The molecule has 0 radical (unpaired) electrons. The lowest BCUT2D eigenvalue weighted by Crippen LogP contribution is -2.43. The zero-order valence-corrected chi connectivity index (χ0v) is 15.5. The van der Waals surface area contributed by atoms with Crippen LogP contribution >= 0.6 is 0 Å². The Morgan fingerprint density at radius 2 is 1.84 bits per heavy atom. The average molecular weight is 346 g/mol. The van der Waals surface area contributed by atoms with E-state index in [4.69, 9.17) is 0 Å². The van der Waals surface area contributed by atoms with Crippen molar-refractivity contribution in [1.82, 2.24) is 5.32 Å². The molecule has 1 fully saturated rings. The standard InChI is InChI=1S/C20H30N2O3/c1-4-16(13-23)21-18(24)15-6-8-17(9-7-15)22-19(25)20(10-5-11-20)12-14(2)3/h6-9,14,16,23H,4-5,10-13H2,1-3H3,(H,21,24)(H,22,25). The molecule has 1 unspecified atom stereocenters. The molecule has 2 rings (SSSR count). The summed E-state index contributed by atoms with van der Waals surface area (Å²) in [6, 6.07) is 6.68. The van der Waals surface area contributed by atoms with Crippen LogP contribution in [0.3, 0.4) is 0 Å². The zero-order valence-electron chi connectivity index (χ0n) is 15.5. The summed E-state index contributed by atoms with van der Waals surface area (Å²) in [5.41, 5.74) is 1.01. The first-order valence-electron chi connectivity index (χ1n) is 9.23. The van der Waals surface area contributed by atoms with Crippen molar-refractivity contribution in [3.63, 3.8) is 0 Å². The molecule has 5 heteroatoms. The normalized spacial score (nSPS) is 16.8. The zero-order chi connectivity index (χ0) is 18.4. The van der Waals surface area contributed by atoms with Gasteiger partial charge in [0.2, 0.25) is 5.91 Å². The molecule has 25 heavy (non-hydrogen) atoms. The minimum atomic E-state index is -0.235. The molecule has 5 nitrogen and oxygen atoms in total. The van der Waals surface area contributed by atoms with Crippen molar-refractivity contribution in [3.8, 4) is 0 Å². The largest absolute Gasteiger partial charge is 0.394 e. The molecule has 1 atom stereocenters. The first-order chi connectivity index (χ1) is 11.9. The van der Waals surface area contributed by atoms with Crippen molar-refractivity contribution < 1.29 is 14.7 Å².